The number of anilines is 1. The maximum Gasteiger partial charge on any atom is 0.312 e. The maximum absolute atomic E-state index is 12.0. The van der Waals surface area contributed by atoms with E-state index in [0.29, 0.717) is 22.6 Å². The molecule has 24 heavy (non-hydrogen) atoms. The van der Waals surface area contributed by atoms with Crippen LogP contribution in [0.2, 0.25) is 0 Å². The van der Waals surface area contributed by atoms with Crippen molar-refractivity contribution >= 4 is 23.2 Å². The van der Waals surface area contributed by atoms with Crippen LogP contribution in [0.25, 0.3) is 0 Å². The molecule has 3 N–H and O–H groups in total. The fourth-order valence-corrected chi connectivity index (χ4v) is 2.32. The summed E-state index contributed by atoms with van der Waals surface area (Å²) in [5.74, 6) is -0.809. The normalized spacial score (nSPS) is 10.4. The van der Waals surface area contributed by atoms with Gasteiger partial charge in [-0.15, -0.1) is 0 Å². The molecule has 0 aliphatic rings. The van der Waals surface area contributed by atoms with Gasteiger partial charge in [-0.3, -0.25) is 24.4 Å². The maximum atomic E-state index is 12.0. The fraction of sp³-hybridized carbons (Fsp3) is 0.267. The van der Waals surface area contributed by atoms with Crippen LogP contribution in [0.4, 0.5) is 11.4 Å². The first kappa shape index (κ1) is 17.1. The lowest BCUT2D eigenvalue weighted by molar-refractivity contribution is -0.386. The van der Waals surface area contributed by atoms with Crippen molar-refractivity contribution < 1.29 is 14.5 Å². The van der Waals surface area contributed by atoms with Crippen LogP contribution in [-0.2, 0) is 11.3 Å². The van der Waals surface area contributed by atoms with E-state index >= 15 is 0 Å². The summed E-state index contributed by atoms with van der Waals surface area (Å²) in [6, 6.07) is 6.18. The molecule has 0 aliphatic carbocycles. The van der Waals surface area contributed by atoms with E-state index < -0.39 is 10.8 Å². The average Bonchev–Trinajstić information content (AvgIpc) is 2.80. The molecule has 1 aromatic carbocycles. The van der Waals surface area contributed by atoms with Gasteiger partial charge in [-0.25, -0.2) is 0 Å². The molecule has 126 valence electrons. The second-order valence-corrected chi connectivity index (χ2v) is 5.24. The number of benzene rings is 1. The Bertz CT molecular complexity index is 795. The van der Waals surface area contributed by atoms with Gasteiger partial charge in [0.25, 0.3) is 0 Å². The highest BCUT2D eigenvalue weighted by Crippen LogP contribution is 2.21. The molecular weight excluding hydrogens is 314 g/mol. The number of nitro groups is 1. The van der Waals surface area contributed by atoms with E-state index in [-0.39, 0.29) is 24.6 Å². The van der Waals surface area contributed by atoms with E-state index in [1.807, 2.05) is 0 Å². The Hall–Kier alpha value is -3.23. The number of nitrogens with one attached hydrogen (secondary N) is 1. The van der Waals surface area contributed by atoms with Gasteiger partial charge in [0, 0.05) is 17.7 Å². The summed E-state index contributed by atoms with van der Waals surface area (Å²) in [4.78, 5) is 33.4. The molecule has 1 aromatic heterocycles. The minimum atomic E-state index is -0.543. The van der Waals surface area contributed by atoms with Crippen LogP contribution in [0.15, 0.2) is 24.3 Å². The zero-order valence-electron chi connectivity index (χ0n) is 13.3. The Morgan fingerprint density at radius 3 is 2.42 bits per heavy atom. The Balaban J connectivity index is 1.97. The lowest BCUT2D eigenvalue weighted by atomic mass is 10.2. The largest absolute Gasteiger partial charge is 0.366 e. The summed E-state index contributed by atoms with van der Waals surface area (Å²) in [5, 5.41) is 17.7. The number of amides is 2. The molecule has 9 nitrogen and oxygen atoms in total. The Morgan fingerprint density at radius 2 is 1.92 bits per heavy atom. The molecule has 0 saturated carbocycles. The number of hydrogen-bond acceptors (Lipinski definition) is 5. The molecule has 0 bridgehead atoms. The molecule has 9 heteroatoms. The van der Waals surface area contributed by atoms with Gasteiger partial charge in [0.05, 0.1) is 11.5 Å². The highest BCUT2D eigenvalue weighted by Gasteiger charge is 2.21. The molecule has 0 saturated heterocycles. The molecule has 2 amide bonds. The lowest BCUT2D eigenvalue weighted by Gasteiger charge is -2.06. The van der Waals surface area contributed by atoms with Crippen molar-refractivity contribution in [3.8, 4) is 0 Å². The summed E-state index contributed by atoms with van der Waals surface area (Å²) < 4.78 is 1.45. The second kappa shape index (κ2) is 6.90. The van der Waals surface area contributed by atoms with Crippen LogP contribution in [0.3, 0.4) is 0 Å². The number of nitrogens with two attached hydrogens (primary N) is 1. The zero-order valence-corrected chi connectivity index (χ0v) is 13.3. The molecular formula is C15H17N5O4. The van der Waals surface area contributed by atoms with Crippen molar-refractivity contribution in [3.63, 3.8) is 0 Å². The third-order valence-corrected chi connectivity index (χ3v) is 3.53. The van der Waals surface area contributed by atoms with E-state index in [4.69, 9.17) is 5.73 Å². The van der Waals surface area contributed by atoms with Gasteiger partial charge in [-0.2, -0.15) is 5.10 Å². The number of aryl methyl sites for hydroxylation is 2. The van der Waals surface area contributed by atoms with E-state index in [2.05, 4.69) is 10.4 Å². The van der Waals surface area contributed by atoms with Crippen LogP contribution >= 0.6 is 0 Å². The minimum Gasteiger partial charge on any atom is -0.366 e. The predicted molar refractivity (Wildman–Crippen MR) is 86.6 cm³/mol. The summed E-state index contributed by atoms with van der Waals surface area (Å²) in [5.41, 5.74) is 6.73. The van der Waals surface area contributed by atoms with Gasteiger partial charge in [0.1, 0.15) is 11.4 Å². The number of aromatic nitrogens is 2. The smallest absolute Gasteiger partial charge is 0.312 e. The molecule has 0 spiro atoms. The van der Waals surface area contributed by atoms with Crippen LogP contribution in [0.1, 0.15) is 28.2 Å². The SMILES string of the molecule is Cc1nn(CCC(=O)Nc2ccc(C(N)=O)cc2)c(C)c1[N+](=O)[O-]. The summed E-state index contributed by atoms with van der Waals surface area (Å²) >= 11 is 0. The number of carbonyl (C=O) groups excluding carboxylic acids is 2. The molecule has 0 radical (unpaired) electrons. The molecule has 0 aliphatic heterocycles. The minimum absolute atomic E-state index is 0.0301. The number of nitrogens with zero attached hydrogens (tertiary/aromatic N) is 3. The van der Waals surface area contributed by atoms with Crippen molar-refractivity contribution in [1.29, 1.82) is 0 Å². The lowest BCUT2D eigenvalue weighted by Crippen LogP contribution is -2.16. The van der Waals surface area contributed by atoms with Crippen molar-refractivity contribution in [2.45, 2.75) is 26.8 Å². The molecule has 0 fully saturated rings. The summed E-state index contributed by atoms with van der Waals surface area (Å²) in [6.07, 6.45) is 0.108. The molecule has 0 atom stereocenters. The van der Waals surface area contributed by atoms with E-state index in [9.17, 15) is 19.7 Å². The van der Waals surface area contributed by atoms with Crippen molar-refractivity contribution in [2.75, 3.05) is 5.32 Å². The van der Waals surface area contributed by atoms with Crippen LogP contribution in [0, 0.1) is 24.0 Å². The van der Waals surface area contributed by atoms with E-state index in [0.717, 1.165) is 0 Å². The molecule has 1 heterocycles. The number of primary amides is 1. The predicted octanol–water partition coefficient (Wildman–Crippen LogP) is 1.54. The average molecular weight is 331 g/mol. The number of hydrogen-bond donors (Lipinski definition) is 2. The standard InChI is InChI=1S/C15H17N5O4/c1-9-14(20(23)24)10(2)19(18-9)8-7-13(21)17-12-5-3-11(4-6-12)15(16)22/h3-6H,7-8H2,1-2H3,(H2,16,22)(H,17,21). The van der Waals surface area contributed by atoms with Crippen LogP contribution in [-0.4, -0.2) is 26.5 Å². The van der Waals surface area contributed by atoms with Gasteiger partial charge in [0.15, 0.2) is 0 Å². The first-order valence-electron chi connectivity index (χ1n) is 7.17. The first-order valence-corrected chi connectivity index (χ1v) is 7.17. The third kappa shape index (κ3) is 3.75. The molecule has 0 unspecified atom stereocenters. The van der Waals surface area contributed by atoms with Gasteiger partial charge in [-0.05, 0) is 38.1 Å². The van der Waals surface area contributed by atoms with Gasteiger partial charge in [-0.1, -0.05) is 0 Å². The van der Waals surface area contributed by atoms with Crippen molar-refractivity contribution in [2.24, 2.45) is 5.73 Å². The van der Waals surface area contributed by atoms with Crippen molar-refractivity contribution in [1.82, 2.24) is 9.78 Å². The van der Waals surface area contributed by atoms with Gasteiger partial charge >= 0.3 is 5.69 Å². The fourth-order valence-electron chi connectivity index (χ4n) is 2.32. The third-order valence-electron chi connectivity index (χ3n) is 3.53. The Morgan fingerprint density at radius 1 is 1.29 bits per heavy atom. The number of rotatable bonds is 6. The van der Waals surface area contributed by atoms with Crippen LogP contribution < -0.4 is 11.1 Å². The van der Waals surface area contributed by atoms with E-state index in [1.54, 1.807) is 26.0 Å². The first-order chi connectivity index (χ1) is 11.3. The van der Waals surface area contributed by atoms with Gasteiger partial charge in [0.2, 0.25) is 11.8 Å². The number of carbonyl (C=O) groups is 2. The van der Waals surface area contributed by atoms with Crippen LogP contribution in [0.5, 0.6) is 0 Å². The monoisotopic (exact) mass is 331 g/mol. The van der Waals surface area contributed by atoms with E-state index in [1.165, 1.54) is 16.8 Å². The highest BCUT2D eigenvalue weighted by atomic mass is 16.6. The second-order valence-electron chi connectivity index (χ2n) is 5.24. The quantitative estimate of drug-likeness (QED) is 0.611. The molecule has 2 aromatic rings. The topological polar surface area (TPSA) is 133 Å². The Kier molecular flexibility index (Phi) is 4.93. The summed E-state index contributed by atoms with van der Waals surface area (Å²) in [7, 11) is 0. The van der Waals surface area contributed by atoms with Crippen molar-refractivity contribution in [3.05, 3.63) is 51.3 Å². The summed E-state index contributed by atoms with van der Waals surface area (Å²) in [6.45, 7) is 3.38. The Labute approximate surface area is 137 Å². The highest BCUT2D eigenvalue weighted by molar-refractivity contribution is 5.94. The zero-order chi connectivity index (χ0) is 17.9. The van der Waals surface area contributed by atoms with Gasteiger partial charge < -0.3 is 11.1 Å². The molecule has 2 rings (SSSR count).